The minimum absolute atomic E-state index is 0.631. The van der Waals surface area contributed by atoms with Crippen molar-refractivity contribution in [1.82, 2.24) is 0 Å². The third kappa shape index (κ3) is 5.53. The Morgan fingerprint density at radius 1 is 0.724 bits per heavy atom. The van der Waals surface area contributed by atoms with Crippen molar-refractivity contribution in [2.75, 3.05) is 0 Å². The van der Waals surface area contributed by atoms with Gasteiger partial charge in [-0.25, -0.2) is 0 Å². The van der Waals surface area contributed by atoms with Gasteiger partial charge in [-0.1, -0.05) is 60.2 Å². The van der Waals surface area contributed by atoms with Gasteiger partial charge in [-0.15, -0.1) is 6.58 Å². The maximum Gasteiger partial charge on any atom is -0.00559 e. The minimum Gasteiger partial charge on any atom is -0.102 e. The summed E-state index contributed by atoms with van der Waals surface area (Å²) >= 11 is 0. The van der Waals surface area contributed by atoms with Gasteiger partial charge in [-0.2, -0.15) is 0 Å². The van der Waals surface area contributed by atoms with Crippen LogP contribution in [0.1, 0.15) is 81.3 Å². The summed E-state index contributed by atoms with van der Waals surface area (Å²) < 4.78 is 0. The van der Waals surface area contributed by atoms with Crippen LogP contribution in [0.3, 0.4) is 0 Å². The predicted octanol–water partition coefficient (Wildman–Crippen LogP) is 8.40. The van der Waals surface area contributed by atoms with Crippen molar-refractivity contribution >= 4 is 0 Å². The lowest BCUT2D eigenvalue weighted by molar-refractivity contribution is 0.235. The summed E-state index contributed by atoms with van der Waals surface area (Å²) in [6.07, 6.45) is 26.1. The number of hydrogen-bond acceptors (Lipinski definition) is 0. The summed E-state index contributed by atoms with van der Waals surface area (Å²) in [5, 5.41) is 0. The fraction of sp³-hybridized carbons (Fsp3) is 0.586. The maximum atomic E-state index is 3.95. The summed E-state index contributed by atoms with van der Waals surface area (Å²) in [5.41, 5.74) is 2.94. The molecule has 2 fully saturated rings. The van der Waals surface area contributed by atoms with Gasteiger partial charge in [0, 0.05) is 0 Å². The highest BCUT2D eigenvalue weighted by Crippen LogP contribution is 2.40. The third-order valence-corrected chi connectivity index (χ3v) is 8.14. The van der Waals surface area contributed by atoms with Crippen LogP contribution in [-0.2, 0) is 0 Å². The van der Waals surface area contributed by atoms with Gasteiger partial charge in [0.25, 0.3) is 0 Å². The summed E-state index contributed by atoms with van der Waals surface area (Å²) in [6, 6.07) is 9.26. The van der Waals surface area contributed by atoms with Gasteiger partial charge in [0.2, 0.25) is 0 Å². The second-order valence-electron chi connectivity index (χ2n) is 10.1. The van der Waals surface area contributed by atoms with Crippen molar-refractivity contribution in [3.8, 4) is 0 Å². The molecule has 0 heteroatoms. The molecular formula is C29H40. The van der Waals surface area contributed by atoms with Gasteiger partial charge in [0.1, 0.15) is 0 Å². The van der Waals surface area contributed by atoms with E-state index in [0.29, 0.717) is 5.92 Å². The Hall–Kier alpha value is -1.56. The second kappa shape index (κ2) is 9.96. The first-order valence-corrected chi connectivity index (χ1v) is 12.3. The lowest BCUT2D eigenvalue weighted by Crippen LogP contribution is -2.22. The molecule has 0 aliphatic heterocycles. The van der Waals surface area contributed by atoms with Crippen molar-refractivity contribution < 1.29 is 0 Å². The van der Waals surface area contributed by atoms with E-state index in [1.165, 1.54) is 69.8 Å². The van der Waals surface area contributed by atoms with Crippen LogP contribution < -0.4 is 0 Å². The zero-order valence-corrected chi connectivity index (χ0v) is 18.4. The number of hydrogen-bond donors (Lipinski definition) is 0. The SMILES string of the molecule is C=CC1C=CC(C2CCC(/C=C/C3CCC(c4ccc(C)cc4)CC3)CC2)CC1. The lowest BCUT2D eigenvalue weighted by Gasteiger charge is -2.34. The topological polar surface area (TPSA) is 0 Å². The van der Waals surface area contributed by atoms with Crippen molar-refractivity contribution in [1.29, 1.82) is 0 Å². The monoisotopic (exact) mass is 388 g/mol. The highest BCUT2D eigenvalue weighted by atomic mass is 14.3. The summed E-state index contributed by atoms with van der Waals surface area (Å²) in [6.45, 7) is 6.14. The Balaban J connectivity index is 1.19. The average molecular weight is 389 g/mol. The van der Waals surface area contributed by atoms with E-state index in [9.17, 15) is 0 Å². The summed E-state index contributed by atoms with van der Waals surface area (Å²) in [7, 11) is 0. The molecule has 0 nitrogen and oxygen atoms in total. The van der Waals surface area contributed by atoms with Crippen LogP contribution in [0.4, 0.5) is 0 Å². The van der Waals surface area contributed by atoms with E-state index >= 15 is 0 Å². The standard InChI is InChI=1S/C29H40/c1-3-23-8-16-27(17-9-23)29-20-12-25(13-21-29)7-6-24-10-18-28(19-11-24)26-14-4-22(2)5-15-26/h3-8,14-16,23-25,27-29H,1,9-13,17-21H2,2H3/b7-6+. The molecular weight excluding hydrogens is 348 g/mol. The number of aryl methyl sites for hydroxylation is 1. The van der Waals surface area contributed by atoms with Crippen LogP contribution in [0.25, 0.3) is 0 Å². The Morgan fingerprint density at radius 2 is 1.34 bits per heavy atom. The van der Waals surface area contributed by atoms with Crippen LogP contribution in [0, 0.1) is 36.5 Å². The van der Waals surface area contributed by atoms with Gasteiger partial charge in [-0.05, 0) is 112 Å². The molecule has 1 aromatic rings. The molecule has 0 heterocycles. The van der Waals surface area contributed by atoms with E-state index in [-0.39, 0.29) is 0 Å². The molecule has 4 rings (SSSR count). The molecule has 29 heavy (non-hydrogen) atoms. The van der Waals surface area contributed by atoms with Crippen molar-refractivity contribution in [2.45, 2.75) is 77.0 Å². The molecule has 2 saturated carbocycles. The zero-order valence-electron chi connectivity index (χ0n) is 18.4. The van der Waals surface area contributed by atoms with Gasteiger partial charge in [0.05, 0.1) is 0 Å². The van der Waals surface area contributed by atoms with Gasteiger partial charge < -0.3 is 0 Å². The molecule has 0 N–H and O–H groups in total. The molecule has 0 saturated heterocycles. The van der Waals surface area contributed by atoms with Gasteiger partial charge in [-0.3, -0.25) is 0 Å². The van der Waals surface area contributed by atoms with Crippen molar-refractivity contribution in [3.63, 3.8) is 0 Å². The molecule has 0 spiro atoms. The molecule has 2 unspecified atom stereocenters. The molecule has 2 atom stereocenters. The van der Waals surface area contributed by atoms with Gasteiger partial charge >= 0.3 is 0 Å². The van der Waals surface area contributed by atoms with Crippen LogP contribution in [-0.4, -0.2) is 0 Å². The molecule has 0 bridgehead atoms. The molecule has 0 radical (unpaired) electrons. The number of benzene rings is 1. The molecule has 0 aromatic heterocycles. The normalized spacial score (nSPS) is 35.6. The number of allylic oxidation sites excluding steroid dienone is 5. The van der Waals surface area contributed by atoms with E-state index in [2.05, 4.69) is 68.1 Å². The maximum absolute atomic E-state index is 3.95. The van der Waals surface area contributed by atoms with E-state index in [0.717, 1.165) is 29.6 Å². The Kier molecular flexibility index (Phi) is 7.11. The first-order chi connectivity index (χ1) is 14.2. The van der Waals surface area contributed by atoms with Crippen LogP contribution >= 0.6 is 0 Å². The highest BCUT2D eigenvalue weighted by molar-refractivity contribution is 5.25. The van der Waals surface area contributed by atoms with Crippen molar-refractivity contribution in [3.05, 3.63) is 72.4 Å². The largest absolute Gasteiger partial charge is 0.102 e. The van der Waals surface area contributed by atoms with Crippen LogP contribution in [0.15, 0.2) is 61.2 Å². The molecule has 3 aliphatic carbocycles. The molecule has 1 aromatic carbocycles. The second-order valence-corrected chi connectivity index (χ2v) is 10.1. The highest BCUT2D eigenvalue weighted by Gasteiger charge is 2.27. The Bertz CT molecular complexity index is 690. The van der Waals surface area contributed by atoms with Crippen molar-refractivity contribution in [2.24, 2.45) is 29.6 Å². The first kappa shape index (κ1) is 20.7. The Morgan fingerprint density at radius 3 is 1.90 bits per heavy atom. The van der Waals surface area contributed by atoms with E-state index < -0.39 is 0 Å². The lowest BCUT2D eigenvalue weighted by atomic mass is 9.71. The smallest absolute Gasteiger partial charge is 0.00559 e. The summed E-state index contributed by atoms with van der Waals surface area (Å²) in [5.74, 6) is 4.87. The van der Waals surface area contributed by atoms with Gasteiger partial charge in [0.15, 0.2) is 0 Å². The van der Waals surface area contributed by atoms with E-state index in [1.54, 1.807) is 5.56 Å². The van der Waals surface area contributed by atoms with Crippen LogP contribution in [0.5, 0.6) is 0 Å². The Labute approximate surface area is 179 Å². The third-order valence-electron chi connectivity index (χ3n) is 8.14. The fourth-order valence-electron chi connectivity index (χ4n) is 6.02. The quantitative estimate of drug-likeness (QED) is 0.444. The minimum atomic E-state index is 0.631. The van der Waals surface area contributed by atoms with E-state index in [1.807, 2.05) is 0 Å². The molecule has 3 aliphatic rings. The van der Waals surface area contributed by atoms with E-state index in [4.69, 9.17) is 0 Å². The summed E-state index contributed by atoms with van der Waals surface area (Å²) in [4.78, 5) is 0. The fourth-order valence-corrected chi connectivity index (χ4v) is 6.02. The predicted molar refractivity (Wildman–Crippen MR) is 126 cm³/mol. The first-order valence-electron chi connectivity index (χ1n) is 12.3. The molecule has 0 amide bonds. The molecule has 156 valence electrons. The average Bonchev–Trinajstić information content (AvgIpc) is 2.79. The number of rotatable bonds is 5. The zero-order chi connectivity index (χ0) is 20.1. The van der Waals surface area contributed by atoms with Crippen LogP contribution in [0.2, 0.25) is 0 Å².